The average molecular weight is 265 g/mol. The second-order valence-corrected chi connectivity index (χ2v) is 6.13. The number of aliphatic hydroxyl groups is 1. The predicted molar refractivity (Wildman–Crippen MR) is 76.7 cm³/mol. The van der Waals surface area contributed by atoms with Gasteiger partial charge in [-0.1, -0.05) is 44.3 Å². The Labute approximate surface area is 116 Å². The second-order valence-electron chi connectivity index (χ2n) is 6.13. The van der Waals surface area contributed by atoms with Crippen molar-refractivity contribution in [2.45, 2.75) is 63.8 Å². The Morgan fingerprint density at radius 3 is 2.68 bits per heavy atom. The zero-order valence-electron chi connectivity index (χ0n) is 11.8. The summed E-state index contributed by atoms with van der Waals surface area (Å²) in [6.45, 7) is 0.185. The summed E-state index contributed by atoms with van der Waals surface area (Å²) in [7, 11) is 0. The minimum absolute atomic E-state index is 0.138. The number of rotatable bonds is 6. The predicted octanol–water partition coefficient (Wildman–Crippen LogP) is 2.79. The van der Waals surface area contributed by atoms with Crippen LogP contribution in [0.3, 0.4) is 0 Å². The summed E-state index contributed by atoms with van der Waals surface area (Å²) in [5, 5.41) is 12.1. The SMILES string of the molecule is O=C(CCCC1CCCCC1)N[C@@H]1C=C[C@H](CO)C1. The van der Waals surface area contributed by atoms with Crippen molar-refractivity contribution < 1.29 is 9.90 Å². The molecule has 3 heteroatoms. The number of nitrogens with one attached hydrogen (secondary N) is 1. The zero-order valence-corrected chi connectivity index (χ0v) is 11.8. The third kappa shape index (κ3) is 4.98. The Kier molecular flexibility index (Phi) is 5.90. The van der Waals surface area contributed by atoms with Crippen LogP contribution < -0.4 is 5.32 Å². The molecular weight excluding hydrogens is 238 g/mol. The summed E-state index contributed by atoms with van der Waals surface area (Å²) < 4.78 is 0. The topological polar surface area (TPSA) is 49.3 Å². The monoisotopic (exact) mass is 265 g/mol. The lowest BCUT2D eigenvalue weighted by atomic mass is 9.86. The highest BCUT2D eigenvalue weighted by molar-refractivity contribution is 5.76. The third-order valence-electron chi connectivity index (χ3n) is 4.49. The summed E-state index contributed by atoms with van der Waals surface area (Å²) in [5.74, 6) is 1.27. The molecule has 2 aliphatic rings. The molecule has 0 unspecified atom stereocenters. The molecule has 0 aromatic rings. The maximum Gasteiger partial charge on any atom is 0.220 e. The van der Waals surface area contributed by atoms with Gasteiger partial charge >= 0.3 is 0 Å². The first-order valence-electron chi connectivity index (χ1n) is 7.86. The lowest BCUT2D eigenvalue weighted by molar-refractivity contribution is -0.121. The van der Waals surface area contributed by atoms with Crippen molar-refractivity contribution in [3.05, 3.63) is 12.2 Å². The van der Waals surface area contributed by atoms with Crippen molar-refractivity contribution >= 4 is 5.91 Å². The van der Waals surface area contributed by atoms with Crippen LogP contribution >= 0.6 is 0 Å². The molecule has 2 aliphatic carbocycles. The fourth-order valence-electron chi connectivity index (χ4n) is 3.32. The summed E-state index contributed by atoms with van der Waals surface area (Å²) in [6, 6.07) is 0.138. The van der Waals surface area contributed by atoms with Gasteiger partial charge in [-0.15, -0.1) is 0 Å². The Morgan fingerprint density at radius 2 is 2.00 bits per heavy atom. The first-order chi connectivity index (χ1) is 9.28. The highest BCUT2D eigenvalue weighted by Crippen LogP contribution is 2.27. The number of hydrogen-bond donors (Lipinski definition) is 2. The van der Waals surface area contributed by atoms with Crippen LogP contribution in [0, 0.1) is 11.8 Å². The molecule has 3 nitrogen and oxygen atoms in total. The van der Waals surface area contributed by atoms with Gasteiger partial charge < -0.3 is 10.4 Å². The van der Waals surface area contributed by atoms with Gasteiger partial charge in [-0.05, 0) is 25.2 Å². The largest absolute Gasteiger partial charge is 0.396 e. The minimum atomic E-state index is 0.138. The van der Waals surface area contributed by atoms with E-state index in [2.05, 4.69) is 5.32 Å². The van der Waals surface area contributed by atoms with Crippen LogP contribution in [0.15, 0.2) is 12.2 Å². The molecule has 0 radical (unpaired) electrons. The molecule has 2 N–H and O–H groups in total. The van der Waals surface area contributed by atoms with Crippen LogP contribution in [0.4, 0.5) is 0 Å². The van der Waals surface area contributed by atoms with Gasteiger partial charge in [-0.3, -0.25) is 4.79 Å². The fourth-order valence-corrected chi connectivity index (χ4v) is 3.32. The number of carbonyl (C=O) groups is 1. The van der Waals surface area contributed by atoms with E-state index in [0.717, 1.165) is 18.8 Å². The number of aliphatic hydroxyl groups excluding tert-OH is 1. The second kappa shape index (κ2) is 7.68. The highest BCUT2D eigenvalue weighted by atomic mass is 16.3. The van der Waals surface area contributed by atoms with Crippen LogP contribution in [0.5, 0.6) is 0 Å². The van der Waals surface area contributed by atoms with Crippen molar-refractivity contribution in [2.75, 3.05) is 6.61 Å². The van der Waals surface area contributed by atoms with Crippen molar-refractivity contribution in [3.63, 3.8) is 0 Å². The zero-order chi connectivity index (χ0) is 13.5. The molecule has 0 saturated heterocycles. The summed E-state index contributed by atoms with van der Waals surface area (Å²) in [6.07, 6.45) is 14.7. The van der Waals surface area contributed by atoms with E-state index >= 15 is 0 Å². The van der Waals surface area contributed by atoms with Crippen LogP contribution in [0.2, 0.25) is 0 Å². The number of amides is 1. The minimum Gasteiger partial charge on any atom is -0.396 e. The maximum absolute atomic E-state index is 11.8. The Morgan fingerprint density at radius 1 is 1.21 bits per heavy atom. The van der Waals surface area contributed by atoms with Gasteiger partial charge in [0, 0.05) is 25.0 Å². The summed E-state index contributed by atoms with van der Waals surface area (Å²) in [5.41, 5.74) is 0. The molecule has 0 bridgehead atoms. The smallest absolute Gasteiger partial charge is 0.220 e. The number of carbonyl (C=O) groups excluding carboxylic acids is 1. The van der Waals surface area contributed by atoms with E-state index in [1.165, 1.54) is 38.5 Å². The standard InChI is InChI=1S/C16H27NO2/c18-12-14-9-10-15(11-14)17-16(19)8-4-7-13-5-2-1-3-6-13/h9-10,13-15,18H,1-8,11-12H2,(H,17,19)/t14-,15+/m0/s1. The molecule has 0 aliphatic heterocycles. The van der Waals surface area contributed by atoms with Gasteiger partial charge in [0.05, 0.1) is 0 Å². The third-order valence-corrected chi connectivity index (χ3v) is 4.49. The van der Waals surface area contributed by atoms with Gasteiger partial charge in [0.2, 0.25) is 5.91 Å². The average Bonchev–Trinajstić information content (AvgIpc) is 2.87. The molecule has 108 valence electrons. The van der Waals surface area contributed by atoms with Gasteiger partial charge in [0.1, 0.15) is 0 Å². The number of hydrogen-bond acceptors (Lipinski definition) is 2. The lowest BCUT2D eigenvalue weighted by Gasteiger charge is -2.21. The van der Waals surface area contributed by atoms with Crippen molar-refractivity contribution in [3.8, 4) is 0 Å². The van der Waals surface area contributed by atoms with Gasteiger partial charge in [0.25, 0.3) is 0 Å². The van der Waals surface area contributed by atoms with Crippen molar-refractivity contribution in [1.29, 1.82) is 0 Å². The van der Waals surface area contributed by atoms with E-state index in [1.807, 2.05) is 12.2 Å². The van der Waals surface area contributed by atoms with E-state index in [1.54, 1.807) is 0 Å². The van der Waals surface area contributed by atoms with Crippen LogP contribution in [-0.2, 0) is 4.79 Å². The molecule has 0 spiro atoms. The van der Waals surface area contributed by atoms with E-state index in [9.17, 15) is 4.79 Å². The molecule has 1 fully saturated rings. The molecule has 1 saturated carbocycles. The summed E-state index contributed by atoms with van der Waals surface area (Å²) >= 11 is 0. The summed E-state index contributed by atoms with van der Waals surface area (Å²) in [4.78, 5) is 11.8. The Balaban J connectivity index is 1.56. The maximum atomic E-state index is 11.8. The van der Waals surface area contributed by atoms with E-state index in [-0.39, 0.29) is 24.5 Å². The molecule has 2 rings (SSSR count). The van der Waals surface area contributed by atoms with E-state index in [4.69, 9.17) is 5.11 Å². The molecule has 19 heavy (non-hydrogen) atoms. The highest BCUT2D eigenvalue weighted by Gasteiger charge is 2.19. The Bertz CT molecular complexity index is 308. The van der Waals surface area contributed by atoms with Gasteiger partial charge in [-0.25, -0.2) is 0 Å². The Hall–Kier alpha value is -0.830. The van der Waals surface area contributed by atoms with Gasteiger partial charge in [-0.2, -0.15) is 0 Å². The van der Waals surface area contributed by atoms with Crippen LogP contribution in [0.1, 0.15) is 57.8 Å². The molecule has 0 aromatic carbocycles. The van der Waals surface area contributed by atoms with E-state index in [0.29, 0.717) is 6.42 Å². The lowest BCUT2D eigenvalue weighted by Crippen LogP contribution is -2.32. The fraction of sp³-hybridized carbons (Fsp3) is 0.812. The first-order valence-corrected chi connectivity index (χ1v) is 7.86. The quantitative estimate of drug-likeness (QED) is 0.726. The molecule has 1 amide bonds. The molecule has 0 heterocycles. The van der Waals surface area contributed by atoms with Crippen LogP contribution in [0.25, 0.3) is 0 Å². The van der Waals surface area contributed by atoms with Crippen molar-refractivity contribution in [1.82, 2.24) is 5.32 Å². The van der Waals surface area contributed by atoms with Gasteiger partial charge in [0.15, 0.2) is 0 Å². The van der Waals surface area contributed by atoms with Crippen LogP contribution in [-0.4, -0.2) is 23.7 Å². The molecular formula is C16H27NO2. The first kappa shape index (κ1) is 14.6. The normalized spacial score (nSPS) is 27.6. The van der Waals surface area contributed by atoms with E-state index < -0.39 is 0 Å². The molecule has 2 atom stereocenters. The molecule has 0 aromatic heterocycles. The van der Waals surface area contributed by atoms with Crippen molar-refractivity contribution in [2.24, 2.45) is 11.8 Å².